The minimum atomic E-state index is -0.212. The molecule has 0 aromatic heterocycles. The van der Waals surface area contributed by atoms with E-state index in [1.165, 1.54) is 25.1 Å². The van der Waals surface area contributed by atoms with E-state index in [9.17, 15) is 4.39 Å². The molecule has 2 aliphatic heterocycles. The largest absolute Gasteiger partial charge is 0.490 e. The van der Waals surface area contributed by atoms with Crippen LogP contribution in [0.2, 0.25) is 0 Å². The van der Waals surface area contributed by atoms with Crippen LogP contribution >= 0.6 is 0 Å². The second kappa shape index (κ2) is 6.32. The number of ether oxygens (including phenoxy) is 1. The number of rotatable bonds is 4. The molecule has 1 aromatic rings. The summed E-state index contributed by atoms with van der Waals surface area (Å²) in [5.74, 6) is 0.567. The Kier molecular flexibility index (Phi) is 4.45. The average Bonchev–Trinajstić information content (AvgIpc) is 2.90. The van der Waals surface area contributed by atoms with E-state index in [1.54, 1.807) is 12.1 Å². The molecule has 116 valence electrons. The Morgan fingerprint density at radius 2 is 2.00 bits per heavy atom. The van der Waals surface area contributed by atoms with Gasteiger partial charge in [0.25, 0.3) is 0 Å². The molecule has 0 aliphatic carbocycles. The number of piperidine rings is 1. The summed E-state index contributed by atoms with van der Waals surface area (Å²) in [4.78, 5) is 2.57. The van der Waals surface area contributed by atoms with Crippen molar-refractivity contribution in [2.24, 2.45) is 5.41 Å². The van der Waals surface area contributed by atoms with E-state index in [1.807, 2.05) is 0 Å². The summed E-state index contributed by atoms with van der Waals surface area (Å²) in [6.45, 7) is 8.06. The zero-order chi connectivity index (χ0) is 14.7. The van der Waals surface area contributed by atoms with Crippen LogP contribution in [-0.2, 0) is 0 Å². The van der Waals surface area contributed by atoms with Gasteiger partial charge in [-0.05, 0) is 55.5 Å². The van der Waals surface area contributed by atoms with E-state index >= 15 is 0 Å². The van der Waals surface area contributed by atoms with Gasteiger partial charge >= 0.3 is 0 Å². The van der Waals surface area contributed by atoms with Gasteiger partial charge in [0.05, 0.1) is 0 Å². The van der Waals surface area contributed by atoms with Gasteiger partial charge in [-0.1, -0.05) is 6.92 Å². The zero-order valence-corrected chi connectivity index (χ0v) is 12.8. The Morgan fingerprint density at radius 1 is 1.29 bits per heavy atom. The molecule has 0 amide bonds. The summed E-state index contributed by atoms with van der Waals surface area (Å²) in [5, 5.41) is 3.47. The zero-order valence-electron chi connectivity index (χ0n) is 12.8. The number of likely N-dealkylation sites (tertiary alicyclic amines) is 1. The van der Waals surface area contributed by atoms with Crippen molar-refractivity contribution in [1.82, 2.24) is 10.2 Å². The first-order valence-corrected chi connectivity index (χ1v) is 7.98. The van der Waals surface area contributed by atoms with E-state index in [2.05, 4.69) is 17.1 Å². The van der Waals surface area contributed by atoms with Gasteiger partial charge in [-0.2, -0.15) is 0 Å². The highest BCUT2D eigenvalue weighted by Gasteiger charge is 2.32. The van der Waals surface area contributed by atoms with E-state index in [-0.39, 0.29) is 11.9 Å². The monoisotopic (exact) mass is 292 g/mol. The number of halogens is 1. The number of nitrogens with one attached hydrogen (secondary N) is 1. The van der Waals surface area contributed by atoms with Gasteiger partial charge in [-0.25, -0.2) is 4.39 Å². The SMILES string of the molecule is CC1(CN2CCC(Oc3ccc(F)cc3)CC2)CCNC1. The van der Waals surface area contributed by atoms with E-state index < -0.39 is 0 Å². The molecule has 0 saturated carbocycles. The quantitative estimate of drug-likeness (QED) is 0.923. The topological polar surface area (TPSA) is 24.5 Å². The highest BCUT2D eigenvalue weighted by molar-refractivity contribution is 5.22. The van der Waals surface area contributed by atoms with Crippen molar-refractivity contribution in [1.29, 1.82) is 0 Å². The maximum Gasteiger partial charge on any atom is 0.123 e. The number of benzene rings is 1. The maximum absolute atomic E-state index is 12.9. The Bertz CT molecular complexity index is 448. The first-order chi connectivity index (χ1) is 10.1. The van der Waals surface area contributed by atoms with Gasteiger partial charge in [-0.3, -0.25) is 0 Å². The molecule has 3 rings (SSSR count). The summed E-state index contributed by atoms with van der Waals surface area (Å²) < 4.78 is 18.8. The van der Waals surface area contributed by atoms with Crippen LogP contribution in [-0.4, -0.2) is 43.7 Å². The summed E-state index contributed by atoms with van der Waals surface area (Å²) in [6, 6.07) is 6.34. The number of hydrogen-bond acceptors (Lipinski definition) is 3. The van der Waals surface area contributed by atoms with Crippen molar-refractivity contribution >= 4 is 0 Å². The lowest BCUT2D eigenvalue weighted by molar-refractivity contribution is 0.0775. The average molecular weight is 292 g/mol. The third kappa shape index (κ3) is 3.95. The second-order valence-corrected chi connectivity index (χ2v) is 6.78. The molecule has 1 N–H and O–H groups in total. The molecule has 2 aliphatic rings. The van der Waals surface area contributed by atoms with Crippen molar-refractivity contribution in [2.45, 2.75) is 32.3 Å². The van der Waals surface area contributed by atoms with Crippen molar-refractivity contribution in [3.63, 3.8) is 0 Å². The fourth-order valence-corrected chi connectivity index (χ4v) is 3.43. The van der Waals surface area contributed by atoms with Crippen molar-refractivity contribution < 1.29 is 9.13 Å². The van der Waals surface area contributed by atoms with Crippen LogP contribution in [0.4, 0.5) is 4.39 Å². The maximum atomic E-state index is 12.9. The van der Waals surface area contributed by atoms with Crippen LogP contribution in [0.15, 0.2) is 24.3 Å². The number of nitrogens with zero attached hydrogens (tertiary/aromatic N) is 1. The summed E-state index contributed by atoms with van der Waals surface area (Å²) in [5.41, 5.74) is 0.435. The van der Waals surface area contributed by atoms with Crippen LogP contribution in [0.25, 0.3) is 0 Å². The third-order valence-electron chi connectivity index (χ3n) is 4.71. The molecular weight excluding hydrogens is 267 g/mol. The molecule has 2 fully saturated rings. The summed E-state index contributed by atoms with van der Waals surface area (Å²) >= 11 is 0. The summed E-state index contributed by atoms with van der Waals surface area (Å²) in [6.07, 6.45) is 3.65. The fraction of sp³-hybridized carbons (Fsp3) is 0.647. The van der Waals surface area contributed by atoms with Crippen LogP contribution < -0.4 is 10.1 Å². The van der Waals surface area contributed by atoms with Gasteiger partial charge in [0.15, 0.2) is 0 Å². The molecular formula is C17H25FN2O. The van der Waals surface area contributed by atoms with E-state index in [0.29, 0.717) is 5.41 Å². The molecule has 0 radical (unpaired) electrons. The first-order valence-electron chi connectivity index (χ1n) is 7.98. The minimum absolute atomic E-state index is 0.212. The highest BCUT2D eigenvalue weighted by Crippen LogP contribution is 2.27. The molecule has 2 heterocycles. The van der Waals surface area contributed by atoms with Crippen LogP contribution in [0.3, 0.4) is 0 Å². The Morgan fingerprint density at radius 3 is 2.62 bits per heavy atom. The normalized spacial score (nSPS) is 27.9. The standard InChI is InChI=1S/C17H25FN2O/c1-17(8-9-19-12-17)13-20-10-6-16(7-11-20)21-15-4-2-14(18)3-5-15/h2-5,16,19H,6-13H2,1H3. The van der Waals surface area contributed by atoms with Crippen molar-refractivity contribution in [3.05, 3.63) is 30.1 Å². The van der Waals surface area contributed by atoms with Crippen molar-refractivity contribution in [2.75, 3.05) is 32.7 Å². The second-order valence-electron chi connectivity index (χ2n) is 6.78. The highest BCUT2D eigenvalue weighted by atomic mass is 19.1. The Hall–Kier alpha value is -1.13. The van der Waals surface area contributed by atoms with Gasteiger partial charge < -0.3 is 15.0 Å². The molecule has 1 atom stereocenters. The lowest BCUT2D eigenvalue weighted by Gasteiger charge is -2.37. The van der Waals surface area contributed by atoms with Gasteiger partial charge in [0.2, 0.25) is 0 Å². The molecule has 3 nitrogen and oxygen atoms in total. The van der Waals surface area contributed by atoms with E-state index in [4.69, 9.17) is 4.74 Å². The van der Waals surface area contributed by atoms with Crippen LogP contribution in [0, 0.1) is 11.2 Å². The lowest BCUT2D eigenvalue weighted by atomic mass is 9.88. The molecule has 1 unspecified atom stereocenters. The molecule has 1 aromatic carbocycles. The third-order valence-corrected chi connectivity index (χ3v) is 4.71. The molecule has 21 heavy (non-hydrogen) atoms. The molecule has 0 bridgehead atoms. The first kappa shape index (κ1) is 14.8. The minimum Gasteiger partial charge on any atom is -0.490 e. The summed E-state index contributed by atoms with van der Waals surface area (Å²) in [7, 11) is 0. The Balaban J connectivity index is 1.45. The van der Waals surface area contributed by atoms with Gasteiger partial charge in [-0.15, -0.1) is 0 Å². The molecule has 2 saturated heterocycles. The smallest absolute Gasteiger partial charge is 0.123 e. The van der Waals surface area contributed by atoms with Gasteiger partial charge in [0.1, 0.15) is 17.7 Å². The predicted octanol–water partition coefficient (Wildman–Crippen LogP) is 2.67. The fourth-order valence-electron chi connectivity index (χ4n) is 3.43. The van der Waals surface area contributed by atoms with Gasteiger partial charge in [0, 0.05) is 26.2 Å². The molecule has 4 heteroatoms. The predicted molar refractivity (Wildman–Crippen MR) is 82.1 cm³/mol. The molecule has 0 spiro atoms. The van der Waals surface area contributed by atoms with E-state index in [0.717, 1.165) is 44.8 Å². The lowest BCUT2D eigenvalue weighted by Crippen LogP contribution is -2.44. The van der Waals surface area contributed by atoms with Crippen molar-refractivity contribution in [3.8, 4) is 5.75 Å². The van der Waals surface area contributed by atoms with Crippen LogP contribution in [0.1, 0.15) is 26.2 Å². The number of hydrogen-bond donors (Lipinski definition) is 1. The Labute approximate surface area is 126 Å². The van der Waals surface area contributed by atoms with Crippen LogP contribution in [0.5, 0.6) is 5.75 Å².